The van der Waals surface area contributed by atoms with E-state index in [1.807, 2.05) is 6.92 Å². The predicted molar refractivity (Wildman–Crippen MR) is 68.8 cm³/mol. The van der Waals surface area contributed by atoms with Crippen molar-refractivity contribution < 1.29 is 9.09 Å². The smallest absolute Gasteiger partial charge is 0.204 e. The maximum atomic E-state index is 12.4. The van der Waals surface area contributed by atoms with Crippen LogP contribution >= 0.6 is 30.6 Å². The second-order valence-electron chi connectivity index (χ2n) is 5.76. The summed E-state index contributed by atoms with van der Waals surface area (Å²) in [7, 11) is -2.45. The van der Waals surface area contributed by atoms with Crippen LogP contribution in [0.5, 0.6) is 0 Å². The van der Waals surface area contributed by atoms with Crippen LogP contribution in [-0.4, -0.2) is 23.3 Å². The van der Waals surface area contributed by atoms with E-state index in [0.717, 1.165) is 6.42 Å². The van der Waals surface area contributed by atoms with Crippen molar-refractivity contribution in [2.75, 3.05) is 18.9 Å². The predicted octanol–water partition coefficient (Wildman–Crippen LogP) is 4.15. The molecule has 94 valence electrons. The molecule has 0 aromatic rings. The van der Waals surface area contributed by atoms with E-state index in [9.17, 15) is 4.57 Å². The topological polar surface area (TPSA) is 26.3 Å². The molecular formula is C11H19Cl2O2P. The average Bonchev–Trinajstić information content (AvgIpc) is 2.41. The number of hydrogen-bond acceptors (Lipinski definition) is 2. The van der Waals surface area contributed by atoms with Gasteiger partial charge in [0.1, 0.15) is 4.33 Å². The van der Waals surface area contributed by atoms with Crippen LogP contribution in [0.25, 0.3) is 0 Å². The largest absolute Gasteiger partial charge is 0.328 e. The summed E-state index contributed by atoms with van der Waals surface area (Å²) < 4.78 is 17.3. The molecule has 1 saturated carbocycles. The quantitative estimate of drug-likeness (QED) is 0.573. The Morgan fingerprint density at radius 3 is 2.56 bits per heavy atom. The summed E-state index contributed by atoms with van der Waals surface area (Å²) in [6, 6.07) is 0. The summed E-state index contributed by atoms with van der Waals surface area (Å²) in [5.41, 5.74) is -0.177. The molecule has 1 aliphatic heterocycles. The van der Waals surface area contributed by atoms with E-state index in [4.69, 9.17) is 27.7 Å². The van der Waals surface area contributed by atoms with Gasteiger partial charge >= 0.3 is 0 Å². The van der Waals surface area contributed by atoms with E-state index >= 15 is 0 Å². The third-order valence-electron chi connectivity index (χ3n) is 3.94. The lowest BCUT2D eigenvalue weighted by Crippen LogP contribution is -2.12. The first-order valence-corrected chi connectivity index (χ1v) is 8.57. The fourth-order valence-electron chi connectivity index (χ4n) is 2.60. The molecule has 0 N–H and O–H groups in total. The third-order valence-corrected chi connectivity index (χ3v) is 8.04. The van der Waals surface area contributed by atoms with E-state index in [1.54, 1.807) is 0 Å². The van der Waals surface area contributed by atoms with Crippen molar-refractivity contribution in [3.05, 3.63) is 0 Å². The van der Waals surface area contributed by atoms with E-state index in [-0.39, 0.29) is 11.3 Å². The van der Waals surface area contributed by atoms with Crippen molar-refractivity contribution in [3.8, 4) is 0 Å². The van der Waals surface area contributed by atoms with Crippen LogP contribution in [0.3, 0.4) is 0 Å². The van der Waals surface area contributed by atoms with Crippen molar-refractivity contribution in [3.63, 3.8) is 0 Å². The monoisotopic (exact) mass is 284 g/mol. The Hall–Kier alpha value is 0.770. The Kier molecular flexibility index (Phi) is 3.20. The van der Waals surface area contributed by atoms with E-state index < -0.39 is 11.7 Å². The highest BCUT2D eigenvalue weighted by atomic mass is 35.5. The molecule has 2 aliphatic rings. The molecule has 2 fully saturated rings. The van der Waals surface area contributed by atoms with Gasteiger partial charge in [0, 0.05) is 23.7 Å². The van der Waals surface area contributed by atoms with Crippen LogP contribution in [-0.2, 0) is 9.09 Å². The normalized spacial score (nSPS) is 44.8. The highest BCUT2D eigenvalue weighted by Crippen LogP contribution is 2.81. The Morgan fingerprint density at radius 1 is 1.50 bits per heavy atom. The van der Waals surface area contributed by atoms with Gasteiger partial charge in [-0.25, -0.2) is 0 Å². The van der Waals surface area contributed by atoms with Gasteiger partial charge in [-0.1, -0.05) is 20.8 Å². The lowest BCUT2D eigenvalue weighted by atomic mass is 10.1. The second kappa shape index (κ2) is 3.88. The Balaban J connectivity index is 1.88. The zero-order valence-electron chi connectivity index (χ0n) is 10.0. The highest BCUT2D eigenvalue weighted by Gasteiger charge is 2.79. The van der Waals surface area contributed by atoms with Crippen molar-refractivity contribution in [1.29, 1.82) is 0 Å². The molecule has 2 nitrogen and oxygen atoms in total. The SMILES string of the molecule is CC(C)CCOP1(=O)CC2C(Cl)(Cl)C2(C)C1. The van der Waals surface area contributed by atoms with Crippen LogP contribution in [0.4, 0.5) is 0 Å². The first-order valence-electron chi connectivity index (χ1n) is 5.82. The summed E-state index contributed by atoms with van der Waals surface area (Å²) >= 11 is 12.3. The van der Waals surface area contributed by atoms with Crippen molar-refractivity contribution in [2.45, 2.75) is 31.5 Å². The summed E-state index contributed by atoms with van der Waals surface area (Å²) in [5.74, 6) is 0.743. The van der Waals surface area contributed by atoms with Gasteiger partial charge in [-0.2, -0.15) is 0 Å². The zero-order valence-corrected chi connectivity index (χ0v) is 12.4. The van der Waals surface area contributed by atoms with Crippen LogP contribution < -0.4 is 0 Å². The third kappa shape index (κ3) is 1.96. The minimum absolute atomic E-state index is 0.160. The van der Waals surface area contributed by atoms with Gasteiger partial charge < -0.3 is 4.52 Å². The molecule has 0 spiro atoms. The molecule has 3 unspecified atom stereocenters. The van der Waals surface area contributed by atoms with Gasteiger partial charge in [-0.3, -0.25) is 4.57 Å². The van der Waals surface area contributed by atoms with Gasteiger partial charge in [0.2, 0.25) is 7.37 Å². The Morgan fingerprint density at radius 2 is 2.12 bits per heavy atom. The molecule has 0 bridgehead atoms. The van der Waals surface area contributed by atoms with Gasteiger partial charge in [-0.15, -0.1) is 23.2 Å². The molecule has 16 heavy (non-hydrogen) atoms. The lowest BCUT2D eigenvalue weighted by molar-refractivity contribution is 0.288. The van der Waals surface area contributed by atoms with E-state index in [1.165, 1.54) is 0 Å². The zero-order chi connectivity index (χ0) is 12.2. The number of alkyl halides is 2. The molecule has 0 aromatic carbocycles. The van der Waals surface area contributed by atoms with E-state index in [2.05, 4.69) is 13.8 Å². The minimum Gasteiger partial charge on any atom is -0.328 e. The number of fused-ring (bicyclic) bond motifs is 1. The van der Waals surface area contributed by atoms with Gasteiger partial charge in [0.05, 0.1) is 6.61 Å². The van der Waals surface area contributed by atoms with Crippen LogP contribution in [0.1, 0.15) is 27.2 Å². The molecular weight excluding hydrogens is 266 g/mol. The summed E-state index contributed by atoms with van der Waals surface area (Å²) in [5, 5.41) is 0. The first-order chi connectivity index (χ1) is 7.21. The van der Waals surface area contributed by atoms with Crippen molar-refractivity contribution in [1.82, 2.24) is 0 Å². The second-order valence-corrected chi connectivity index (χ2v) is 9.72. The summed E-state index contributed by atoms with van der Waals surface area (Å²) in [6.45, 7) is 6.88. The number of rotatable bonds is 4. The lowest BCUT2D eigenvalue weighted by Gasteiger charge is -2.20. The molecule has 0 radical (unpaired) electrons. The number of hydrogen-bond donors (Lipinski definition) is 0. The van der Waals surface area contributed by atoms with Crippen LogP contribution in [0, 0.1) is 17.3 Å². The Labute approximate surface area is 107 Å². The molecule has 1 heterocycles. The van der Waals surface area contributed by atoms with Crippen molar-refractivity contribution in [2.24, 2.45) is 17.3 Å². The van der Waals surface area contributed by atoms with E-state index in [0.29, 0.717) is 24.8 Å². The number of halogens is 2. The van der Waals surface area contributed by atoms with Gasteiger partial charge in [0.25, 0.3) is 0 Å². The minimum atomic E-state index is -2.45. The summed E-state index contributed by atoms with van der Waals surface area (Å²) in [4.78, 5) is 0. The molecule has 1 saturated heterocycles. The fourth-order valence-corrected chi connectivity index (χ4v) is 7.40. The standard InChI is InChI=1S/C11H19Cl2O2P/c1-8(2)4-5-15-16(14)6-9-10(3,7-16)11(9,12)13/h8-9H,4-7H2,1-3H3. The molecule has 3 atom stereocenters. The maximum absolute atomic E-state index is 12.4. The van der Waals surface area contributed by atoms with Crippen LogP contribution in [0.2, 0.25) is 0 Å². The molecule has 0 aromatic heterocycles. The maximum Gasteiger partial charge on any atom is 0.204 e. The average molecular weight is 285 g/mol. The highest BCUT2D eigenvalue weighted by molar-refractivity contribution is 7.59. The molecule has 2 rings (SSSR count). The van der Waals surface area contributed by atoms with Crippen molar-refractivity contribution >= 4 is 30.6 Å². The van der Waals surface area contributed by atoms with Crippen LogP contribution in [0.15, 0.2) is 0 Å². The molecule has 1 aliphatic carbocycles. The first kappa shape index (κ1) is 13.2. The summed E-state index contributed by atoms with van der Waals surface area (Å²) in [6.07, 6.45) is 2.07. The molecule has 0 amide bonds. The van der Waals surface area contributed by atoms with Gasteiger partial charge in [0.15, 0.2) is 0 Å². The molecule has 5 heteroatoms. The Bertz CT molecular complexity index is 343. The van der Waals surface area contributed by atoms with Gasteiger partial charge in [-0.05, 0) is 12.3 Å². The fraction of sp³-hybridized carbons (Fsp3) is 1.00.